The average molecular weight is 263 g/mol. The third kappa shape index (κ3) is 4.35. The molecule has 0 amide bonds. The Balaban J connectivity index is 1.63. The molecule has 2 rings (SSSR count). The van der Waals surface area contributed by atoms with Crippen LogP contribution in [0.25, 0.3) is 0 Å². The van der Waals surface area contributed by atoms with E-state index in [1.54, 1.807) is 6.20 Å². The lowest BCUT2D eigenvalue weighted by Crippen LogP contribution is -2.10. The summed E-state index contributed by atoms with van der Waals surface area (Å²) in [5, 5.41) is 3.93. The SMILES string of the molecule is Clc1ccc(COCCNc2ccccn2)cc1. The molecule has 94 valence electrons. The zero-order valence-electron chi connectivity index (χ0n) is 9.97. The van der Waals surface area contributed by atoms with E-state index in [1.807, 2.05) is 42.5 Å². The van der Waals surface area contributed by atoms with E-state index in [9.17, 15) is 0 Å². The van der Waals surface area contributed by atoms with Gasteiger partial charge in [-0.3, -0.25) is 0 Å². The first-order valence-electron chi connectivity index (χ1n) is 5.82. The van der Waals surface area contributed by atoms with Crippen LogP contribution < -0.4 is 5.32 Å². The van der Waals surface area contributed by atoms with Crippen molar-refractivity contribution in [2.24, 2.45) is 0 Å². The van der Waals surface area contributed by atoms with Crippen LogP contribution in [0.5, 0.6) is 0 Å². The van der Waals surface area contributed by atoms with Gasteiger partial charge < -0.3 is 10.1 Å². The van der Waals surface area contributed by atoms with Gasteiger partial charge in [-0.15, -0.1) is 0 Å². The molecule has 0 saturated carbocycles. The van der Waals surface area contributed by atoms with Gasteiger partial charge in [0.2, 0.25) is 0 Å². The Kier molecular flexibility index (Phi) is 5.00. The molecular weight excluding hydrogens is 248 g/mol. The van der Waals surface area contributed by atoms with Crippen LogP contribution in [-0.4, -0.2) is 18.1 Å². The van der Waals surface area contributed by atoms with Crippen molar-refractivity contribution in [3.05, 3.63) is 59.2 Å². The second-order valence-electron chi connectivity index (χ2n) is 3.82. The molecule has 4 heteroatoms. The summed E-state index contributed by atoms with van der Waals surface area (Å²) in [4.78, 5) is 4.16. The van der Waals surface area contributed by atoms with Crippen molar-refractivity contribution in [1.82, 2.24) is 4.98 Å². The van der Waals surface area contributed by atoms with Gasteiger partial charge in [-0.05, 0) is 29.8 Å². The minimum Gasteiger partial charge on any atom is -0.375 e. The lowest BCUT2D eigenvalue weighted by Gasteiger charge is -2.06. The Labute approximate surface area is 112 Å². The van der Waals surface area contributed by atoms with Crippen molar-refractivity contribution in [2.75, 3.05) is 18.5 Å². The molecule has 0 unspecified atom stereocenters. The highest BCUT2D eigenvalue weighted by Gasteiger charge is 1.94. The molecule has 18 heavy (non-hydrogen) atoms. The Morgan fingerprint density at radius 2 is 1.94 bits per heavy atom. The molecular formula is C14H15ClN2O. The van der Waals surface area contributed by atoms with Gasteiger partial charge >= 0.3 is 0 Å². The molecule has 0 aliphatic carbocycles. The molecule has 0 spiro atoms. The first kappa shape index (κ1) is 12.9. The molecule has 0 radical (unpaired) electrons. The minimum absolute atomic E-state index is 0.598. The van der Waals surface area contributed by atoms with Gasteiger partial charge in [0.1, 0.15) is 5.82 Å². The fraction of sp³-hybridized carbons (Fsp3) is 0.214. The van der Waals surface area contributed by atoms with Crippen molar-refractivity contribution in [3.8, 4) is 0 Å². The van der Waals surface area contributed by atoms with Gasteiger partial charge in [0, 0.05) is 17.8 Å². The Morgan fingerprint density at radius 3 is 2.67 bits per heavy atom. The topological polar surface area (TPSA) is 34.1 Å². The summed E-state index contributed by atoms with van der Waals surface area (Å²) >= 11 is 5.81. The maximum Gasteiger partial charge on any atom is 0.125 e. The van der Waals surface area contributed by atoms with E-state index in [4.69, 9.17) is 16.3 Å². The zero-order valence-corrected chi connectivity index (χ0v) is 10.7. The summed E-state index contributed by atoms with van der Waals surface area (Å²) in [5.41, 5.74) is 1.12. The number of rotatable bonds is 6. The molecule has 0 atom stereocenters. The standard InChI is InChI=1S/C14H15ClN2O/c15-13-6-4-12(5-7-13)11-18-10-9-17-14-3-1-2-8-16-14/h1-8H,9-11H2,(H,16,17). The van der Waals surface area contributed by atoms with Crippen LogP contribution in [-0.2, 0) is 11.3 Å². The number of aromatic nitrogens is 1. The average Bonchev–Trinajstić information content (AvgIpc) is 2.42. The number of pyridine rings is 1. The normalized spacial score (nSPS) is 10.3. The van der Waals surface area contributed by atoms with Gasteiger partial charge in [-0.25, -0.2) is 4.98 Å². The van der Waals surface area contributed by atoms with Crippen molar-refractivity contribution in [2.45, 2.75) is 6.61 Å². The monoisotopic (exact) mass is 262 g/mol. The molecule has 1 aromatic carbocycles. The number of nitrogens with zero attached hydrogens (tertiary/aromatic N) is 1. The highest BCUT2D eigenvalue weighted by molar-refractivity contribution is 6.30. The number of ether oxygens (including phenoxy) is 1. The first-order chi connectivity index (χ1) is 8.84. The highest BCUT2D eigenvalue weighted by atomic mass is 35.5. The molecule has 0 saturated heterocycles. The largest absolute Gasteiger partial charge is 0.375 e. The molecule has 1 N–H and O–H groups in total. The number of halogens is 1. The Hall–Kier alpha value is -1.58. The minimum atomic E-state index is 0.598. The van der Waals surface area contributed by atoms with E-state index in [0.29, 0.717) is 13.2 Å². The van der Waals surface area contributed by atoms with Crippen LogP contribution >= 0.6 is 11.6 Å². The first-order valence-corrected chi connectivity index (χ1v) is 6.19. The van der Waals surface area contributed by atoms with E-state index >= 15 is 0 Å². The number of nitrogens with one attached hydrogen (secondary N) is 1. The van der Waals surface area contributed by atoms with Crippen molar-refractivity contribution < 1.29 is 4.74 Å². The summed E-state index contributed by atoms with van der Waals surface area (Å²) in [6.07, 6.45) is 1.76. The fourth-order valence-electron chi connectivity index (χ4n) is 1.49. The van der Waals surface area contributed by atoms with Crippen LogP contribution in [0, 0.1) is 0 Å². The third-order valence-corrected chi connectivity index (χ3v) is 2.65. The maximum absolute atomic E-state index is 5.81. The van der Waals surface area contributed by atoms with Crippen molar-refractivity contribution in [3.63, 3.8) is 0 Å². The maximum atomic E-state index is 5.81. The van der Waals surface area contributed by atoms with E-state index in [0.717, 1.165) is 22.9 Å². The number of anilines is 1. The van der Waals surface area contributed by atoms with Gasteiger partial charge in [0.15, 0.2) is 0 Å². The molecule has 0 bridgehead atoms. The predicted octanol–water partition coefficient (Wildman–Crippen LogP) is 3.36. The second-order valence-corrected chi connectivity index (χ2v) is 4.26. The molecule has 0 aliphatic heterocycles. The predicted molar refractivity (Wildman–Crippen MR) is 73.8 cm³/mol. The lowest BCUT2D eigenvalue weighted by atomic mass is 10.2. The molecule has 2 aromatic rings. The van der Waals surface area contributed by atoms with E-state index in [-0.39, 0.29) is 0 Å². The molecule has 3 nitrogen and oxygen atoms in total. The number of hydrogen-bond donors (Lipinski definition) is 1. The van der Waals surface area contributed by atoms with Gasteiger partial charge in [-0.1, -0.05) is 29.8 Å². The zero-order chi connectivity index (χ0) is 12.6. The Morgan fingerprint density at radius 1 is 1.11 bits per heavy atom. The van der Waals surface area contributed by atoms with E-state index in [1.165, 1.54) is 0 Å². The summed E-state index contributed by atoms with van der Waals surface area (Å²) in [5.74, 6) is 0.868. The second kappa shape index (κ2) is 6.99. The number of benzene rings is 1. The Bertz CT molecular complexity index is 459. The van der Waals surface area contributed by atoms with Crippen molar-refractivity contribution in [1.29, 1.82) is 0 Å². The molecule has 1 heterocycles. The summed E-state index contributed by atoms with van der Waals surface area (Å²) in [6, 6.07) is 13.4. The van der Waals surface area contributed by atoms with Crippen LogP contribution in [0.4, 0.5) is 5.82 Å². The third-order valence-electron chi connectivity index (χ3n) is 2.40. The van der Waals surface area contributed by atoms with E-state index in [2.05, 4.69) is 10.3 Å². The quantitative estimate of drug-likeness (QED) is 0.811. The van der Waals surface area contributed by atoms with Gasteiger partial charge in [-0.2, -0.15) is 0 Å². The summed E-state index contributed by atoms with van der Waals surface area (Å²) < 4.78 is 5.55. The van der Waals surface area contributed by atoms with Gasteiger partial charge in [0.25, 0.3) is 0 Å². The van der Waals surface area contributed by atoms with E-state index < -0.39 is 0 Å². The molecule has 1 aromatic heterocycles. The van der Waals surface area contributed by atoms with Crippen molar-refractivity contribution >= 4 is 17.4 Å². The van der Waals surface area contributed by atoms with Gasteiger partial charge in [0.05, 0.1) is 13.2 Å². The summed E-state index contributed by atoms with van der Waals surface area (Å²) in [6.45, 7) is 1.98. The lowest BCUT2D eigenvalue weighted by molar-refractivity contribution is 0.130. The van der Waals surface area contributed by atoms with Crippen LogP contribution in [0.15, 0.2) is 48.7 Å². The summed E-state index contributed by atoms with van der Waals surface area (Å²) in [7, 11) is 0. The number of hydrogen-bond acceptors (Lipinski definition) is 3. The smallest absolute Gasteiger partial charge is 0.125 e. The van der Waals surface area contributed by atoms with Crippen LogP contribution in [0.3, 0.4) is 0 Å². The van der Waals surface area contributed by atoms with Crippen LogP contribution in [0.1, 0.15) is 5.56 Å². The fourth-order valence-corrected chi connectivity index (χ4v) is 1.62. The molecule has 0 aliphatic rings. The highest BCUT2D eigenvalue weighted by Crippen LogP contribution is 2.10. The molecule has 0 fully saturated rings. The van der Waals surface area contributed by atoms with Crippen LogP contribution in [0.2, 0.25) is 5.02 Å².